The predicted molar refractivity (Wildman–Crippen MR) is 96.3 cm³/mol. The SMILES string of the molecule is Nc1ncc(-c2ccc(C[SH](=O)=O)cc2)nc1-c1ccc(C(F)(F)F)cc1. The molecule has 0 bridgehead atoms. The first kappa shape index (κ1) is 18.8. The Labute approximate surface area is 154 Å². The molecule has 140 valence electrons. The molecule has 3 rings (SSSR count). The van der Waals surface area contributed by atoms with Crippen LogP contribution < -0.4 is 5.73 Å². The monoisotopic (exact) mass is 393 g/mol. The molecule has 2 N–H and O–H groups in total. The van der Waals surface area contributed by atoms with Crippen LogP contribution in [0, 0.1) is 0 Å². The van der Waals surface area contributed by atoms with Gasteiger partial charge >= 0.3 is 6.18 Å². The number of nitrogen functional groups attached to an aromatic ring is 1. The molecule has 0 saturated carbocycles. The third-order valence-electron chi connectivity index (χ3n) is 3.85. The fraction of sp³-hybridized carbons (Fsp3) is 0.111. The second-order valence-electron chi connectivity index (χ2n) is 5.75. The summed E-state index contributed by atoms with van der Waals surface area (Å²) in [6, 6.07) is 11.2. The van der Waals surface area contributed by atoms with Crippen LogP contribution in [0.1, 0.15) is 11.1 Å². The van der Waals surface area contributed by atoms with E-state index in [-0.39, 0.29) is 17.3 Å². The Morgan fingerprint density at radius 1 is 0.926 bits per heavy atom. The summed E-state index contributed by atoms with van der Waals surface area (Å²) in [5, 5.41) is 0. The van der Waals surface area contributed by atoms with Gasteiger partial charge in [-0.25, -0.2) is 18.4 Å². The van der Waals surface area contributed by atoms with E-state index in [4.69, 9.17) is 5.73 Å². The van der Waals surface area contributed by atoms with Gasteiger partial charge in [-0.15, -0.1) is 0 Å². The van der Waals surface area contributed by atoms with Gasteiger partial charge in [0.2, 0.25) is 0 Å². The Morgan fingerprint density at radius 3 is 2.07 bits per heavy atom. The number of halogens is 3. The highest BCUT2D eigenvalue weighted by Gasteiger charge is 2.30. The lowest BCUT2D eigenvalue weighted by atomic mass is 10.1. The van der Waals surface area contributed by atoms with Crippen LogP contribution in [-0.4, -0.2) is 18.4 Å². The first-order valence-electron chi connectivity index (χ1n) is 7.75. The van der Waals surface area contributed by atoms with Gasteiger partial charge in [-0.3, -0.25) is 0 Å². The minimum atomic E-state index is -4.42. The van der Waals surface area contributed by atoms with Gasteiger partial charge in [-0.05, 0) is 17.7 Å². The number of thiol groups is 1. The Morgan fingerprint density at radius 2 is 1.52 bits per heavy atom. The number of anilines is 1. The van der Waals surface area contributed by atoms with Crippen molar-refractivity contribution in [2.45, 2.75) is 11.9 Å². The van der Waals surface area contributed by atoms with E-state index in [1.54, 1.807) is 24.3 Å². The Bertz CT molecular complexity index is 1020. The first-order chi connectivity index (χ1) is 12.7. The molecule has 0 saturated heterocycles. The summed E-state index contributed by atoms with van der Waals surface area (Å²) in [6.07, 6.45) is -2.97. The summed E-state index contributed by atoms with van der Waals surface area (Å²) < 4.78 is 59.7. The van der Waals surface area contributed by atoms with Crippen molar-refractivity contribution in [1.29, 1.82) is 0 Å². The van der Waals surface area contributed by atoms with Gasteiger partial charge in [-0.1, -0.05) is 36.4 Å². The Hall–Kier alpha value is -2.94. The summed E-state index contributed by atoms with van der Waals surface area (Å²) in [7, 11) is -2.52. The maximum absolute atomic E-state index is 12.7. The summed E-state index contributed by atoms with van der Waals surface area (Å²) in [5.41, 5.74) is 7.55. The molecule has 0 amide bonds. The van der Waals surface area contributed by atoms with Crippen LogP contribution in [0.2, 0.25) is 0 Å². The number of nitrogens with zero attached hydrogens (tertiary/aromatic N) is 2. The van der Waals surface area contributed by atoms with Crippen LogP contribution in [0.5, 0.6) is 0 Å². The van der Waals surface area contributed by atoms with Crippen LogP contribution in [0.25, 0.3) is 22.5 Å². The Kier molecular flexibility index (Phi) is 5.13. The molecule has 0 aliphatic rings. The van der Waals surface area contributed by atoms with Crippen molar-refractivity contribution in [3.63, 3.8) is 0 Å². The number of rotatable bonds is 4. The standard InChI is InChI=1S/C18H14F3N3O2S/c19-18(20,21)14-7-5-13(6-8-14)16-17(22)23-9-15(24-16)12-3-1-11(2-4-12)10-27(25)26/h1-9,27H,10H2,(H2,22,23). The molecular weight excluding hydrogens is 379 g/mol. The second kappa shape index (κ2) is 7.36. The van der Waals surface area contributed by atoms with E-state index >= 15 is 0 Å². The molecule has 0 radical (unpaired) electrons. The number of benzene rings is 2. The Balaban J connectivity index is 1.95. The minimum Gasteiger partial charge on any atom is -0.382 e. The molecule has 0 aliphatic heterocycles. The highest BCUT2D eigenvalue weighted by Crippen LogP contribution is 2.32. The zero-order valence-corrected chi connectivity index (χ0v) is 14.7. The quantitative estimate of drug-likeness (QED) is 0.663. The topological polar surface area (TPSA) is 85.9 Å². The van der Waals surface area contributed by atoms with Crippen molar-refractivity contribution < 1.29 is 21.6 Å². The lowest BCUT2D eigenvalue weighted by Gasteiger charge is -2.10. The van der Waals surface area contributed by atoms with Crippen LogP contribution >= 0.6 is 0 Å². The molecular formula is C18H14F3N3O2S. The van der Waals surface area contributed by atoms with Crippen molar-refractivity contribution in [3.05, 3.63) is 65.9 Å². The summed E-state index contributed by atoms with van der Waals surface area (Å²) in [6.45, 7) is 0. The smallest absolute Gasteiger partial charge is 0.382 e. The molecule has 0 fully saturated rings. The average molecular weight is 393 g/mol. The van der Waals surface area contributed by atoms with Gasteiger partial charge in [0.05, 0.1) is 23.2 Å². The number of hydrogen-bond donors (Lipinski definition) is 2. The molecule has 0 atom stereocenters. The van der Waals surface area contributed by atoms with E-state index in [0.29, 0.717) is 22.4 Å². The summed E-state index contributed by atoms with van der Waals surface area (Å²) >= 11 is 0. The molecule has 3 aromatic rings. The zero-order valence-electron chi connectivity index (χ0n) is 13.8. The molecule has 0 unspecified atom stereocenters. The van der Waals surface area contributed by atoms with Gasteiger partial charge < -0.3 is 5.73 Å². The van der Waals surface area contributed by atoms with Crippen LogP contribution in [0.15, 0.2) is 54.7 Å². The van der Waals surface area contributed by atoms with Gasteiger partial charge in [-0.2, -0.15) is 13.2 Å². The summed E-state index contributed by atoms with van der Waals surface area (Å²) in [5.74, 6) is 0.0401. The molecule has 2 aromatic carbocycles. The van der Waals surface area contributed by atoms with Gasteiger partial charge in [0.15, 0.2) is 0 Å². The fourth-order valence-electron chi connectivity index (χ4n) is 2.50. The second-order valence-corrected chi connectivity index (χ2v) is 6.73. The van der Waals surface area contributed by atoms with Crippen molar-refractivity contribution in [1.82, 2.24) is 9.97 Å². The predicted octanol–water partition coefficient (Wildman–Crippen LogP) is 3.52. The lowest BCUT2D eigenvalue weighted by Crippen LogP contribution is -2.04. The van der Waals surface area contributed by atoms with Crippen LogP contribution in [0.3, 0.4) is 0 Å². The van der Waals surface area contributed by atoms with Crippen molar-refractivity contribution >= 4 is 16.5 Å². The number of alkyl halides is 3. The maximum atomic E-state index is 12.7. The lowest BCUT2D eigenvalue weighted by molar-refractivity contribution is -0.137. The highest BCUT2D eigenvalue weighted by molar-refractivity contribution is 7.71. The van der Waals surface area contributed by atoms with E-state index < -0.39 is 22.4 Å². The van der Waals surface area contributed by atoms with Crippen LogP contribution in [0.4, 0.5) is 19.0 Å². The van der Waals surface area contributed by atoms with Gasteiger partial charge in [0.1, 0.15) is 22.2 Å². The molecule has 9 heteroatoms. The average Bonchev–Trinajstić information content (AvgIpc) is 2.62. The maximum Gasteiger partial charge on any atom is 0.416 e. The van der Waals surface area contributed by atoms with Crippen LogP contribution in [-0.2, 0) is 22.6 Å². The largest absolute Gasteiger partial charge is 0.416 e. The first-order valence-corrected chi connectivity index (χ1v) is 9.11. The van der Waals surface area contributed by atoms with Gasteiger partial charge in [0.25, 0.3) is 0 Å². The molecule has 1 heterocycles. The zero-order chi connectivity index (χ0) is 19.6. The summed E-state index contributed by atoms with van der Waals surface area (Å²) in [4.78, 5) is 8.48. The molecule has 1 aromatic heterocycles. The van der Waals surface area contributed by atoms with Crippen molar-refractivity contribution in [3.8, 4) is 22.5 Å². The number of aromatic nitrogens is 2. The van der Waals surface area contributed by atoms with E-state index in [0.717, 1.165) is 12.1 Å². The third kappa shape index (κ3) is 4.43. The van der Waals surface area contributed by atoms with Crippen molar-refractivity contribution in [2.75, 3.05) is 5.73 Å². The molecule has 0 spiro atoms. The number of hydrogen-bond acceptors (Lipinski definition) is 5. The highest BCUT2D eigenvalue weighted by atomic mass is 32.2. The minimum absolute atomic E-state index is 0.0557. The third-order valence-corrected chi connectivity index (χ3v) is 4.47. The molecule has 0 aliphatic carbocycles. The van der Waals surface area contributed by atoms with E-state index in [9.17, 15) is 21.6 Å². The number of nitrogens with two attached hydrogens (primary N) is 1. The molecule has 5 nitrogen and oxygen atoms in total. The fourth-order valence-corrected chi connectivity index (χ4v) is 3.01. The van der Waals surface area contributed by atoms with E-state index in [1.165, 1.54) is 18.3 Å². The van der Waals surface area contributed by atoms with E-state index in [1.807, 2.05) is 0 Å². The normalized spacial score (nSPS) is 11.7. The molecule has 27 heavy (non-hydrogen) atoms. The van der Waals surface area contributed by atoms with E-state index in [2.05, 4.69) is 9.97 Å². The van der Waals surface area contributed by atoms with Crippen molar-refractivity contribution in [2.24, 2.45) is 0 Å². The van der Waals surface area contributed by atoms with Gasteiger partial charge in [0, 0.05) is 11.1 Å².